The lowest BCUT2D eigenvalue weighted by atomic mass is 10.2. The van der Waals surface area contributed by atoms with Gasteiger partial charge in [-0.05, 0) is 42.8 Å². The van der Waals surface area contributed by atoms with Crippen molar-refractivity contribution in [2.24, 2.45) is 0 Å². The van der Waals surface area contributed by atoms with Crippen LogP contribution in [0.1, 0.15) is 11.1 Å². The molecule has 0 atom stereocenters. The van der Waals surface area contributed by atoms with E-state index in [0.717, 1.165) is 23.8 Å². The molecule has 2 rings (SSSR count). The van der Waals surface area contributed by atoms with Crippen LogP contribution < -0.4 is 4.74 Å². The number of benzene rings is 2. The van der Waals surface area contributed by atoms with E-state index in [0.29, 0.717) is 5.75 Å². The molecular formula is C14H12F2O. The Hall–Kier alpha value is -1.90. The second kappa shape index (κ2) is 4.95. The van der Waals surface area contributed by atoms with Gasteiger partial charge in [0.25, 0.3) is 0 Å². The van der Waals surface area contributed by atoms with Crippen LogP contribution in [0.3, 0.4) is 0 Å². The first kappa shape index (κ1) is 11.6. The Morgan fingerprint density at radius 2 is 1.88 bits per heavy atom. The number of rotatable bonds is 3. The maximum absolute atomic E-state index is 13.3. The quantitative estimate of drug-likeness (QED) is 0.783. The van der Waals surface area contributed by atoms with Gasteiger partial charge in [-0.3, -0.25) is 0 Å². The Balaban J connectivity index is 2.09. The summed E-state index contributed by atoms with van der Waals surface area (Å²) in [4.78, 5) is 0. The third-order valence-corrected chi connectivity index (χ3v) is 2.39. The minimum atomic E-state index is -0.464. The largest absolute Gasteiger partial charge is 0.489 e. The highest BCUT2D eigenvalue weighted by atomic mass is 19.1. The van der Waals surface area contributed by atoms with Gasteiger partial charge in [0.2, 0.25) is 0 Å². The minimum absolute atomic E-state index is 0.0209. The summed E-state index contributed by atoms with van der Waals surface area (Å²) in [7, 11) is 0. The first-order valence-electron chi connectivity index (χ1n) is 5.28. The lowest BCUT2D eigenvalue weighted by Gasteiger charge is -2.07. The van der Waals surface area contributed by atoms with Crippen LogP contribution in [0.4, 0.5) is 8.78 Å². The molecule has 1 nitrogen and oxygen atoms in total. The van der Waals surface area contributed by atoms with Crippen LogP contribution in [-0.4, -0.2) is 0 Å². The van der Waals surface area contributed by atoms with E-state index >= 15 is 0 Å². The molecule has 0 heterocycles. The number of hydrogen-bond acceptors (Lipinski definition) is 1. The van der Waals surface area contributed by atoms with Crippen LogP contribution >= 0.6 is 0 Å². The average molecular weight is 234 g/mol. The lowest BCUT2D eigenvalue weighted by molar-refractivity contribution is 0.299. The third-order valence-electron chi connectivity index (χ3n) is 2.39. The van der Waals surface area contributed by atoms with Gasteiger partial charge in [-0.2, -0.15) is 0 Å². The van der Waals surface area contributed by atoms with Gasteiger partial charge in [0.1, 0.15) is 24.0 Å². The van der Waals surface area contributed by atoms with Crippen molar-refractivity contribution < 1.29 is 13.5 Å². The van der Waals surface area contributed by atoms with E-state index in [1.807, 2.05) is 25.1 Å². The van der Waals surface area contributed by atoms with Gasteiger partial charge in [0.15, 0.2) is 0 Å². The number of hydrogen-bond donors (Lipinski definition) is 0. The lowest BCUT2D eigenvalue weighted by Crippen LogP contribution is -1.99. The van der Waals surface area contributed by atoms with Gasteiger partial charge in [-0.25, -0.2) is 8.78 Å². The summed E-state index contributed by atoms with van der Waals surface area (Å²) in [5, 5.41) is 0. The van der Waals surface area contributed by atoms with E-state index in [4.69, 9.17) is 4.74 Å². The topological polar surface area (TPSA) is 9.23 Å². The van der Waals surface area contributed by atoms with E-state index < -0.39 is 11.6 Å². The molecule has 17 heavy (non-hydrogen) atoms. The fourth-order valence-corrected chi connectivity index (χ4v) is 1.52. The zero-order valence-corrected chi connectivity index (χ0v) is 9.41. The standard InChI is InChI=1S/C14H12F2O/c1-10-3-2-4-13(7-10)17-9-11-8-12(15)5-6-14(11)16/h2-8H,9H2,1H3. The van der Waals surface area contributed by atoms with Gasteiger partial charge < -0.3 is 4.74 Å². The Kier molecular flexibility index (Phi) is 3.38. The number of ether oxygens (including phenoxy) is 1. The average Bonchev–Trinajstić information content (AvgIpc) is 2.30. The van der Waals surface area contributed by atoms with Crippen molar-refractivity contribution in [1.29, 1.82) is 0 Å². The van der Waals surface area contributed by atoms with E-state index in [9.17, 15) is 8.78 Å². The predicted octanol–water partition coefficient (Wildman–Crippen LogP) is 3.85. The normalized spacial score (nSPS) is 10.3. The Morgan fingerprint density at radius 3 is 2.65 bits per heavy atom. The van der Waals surface area contributed by atoms with Crippen molar-refractivity contribution in [3.8, 4) is 5.75 Å². The molecule has 0 aliphatic heterocycles. The van der Waals surface area contributed by atoms with Crippen LogP contribution in [0.15, 0.2) is 42.5 Å². The maximum Gasteiger partial charge on any atom is 0.130 e. The Labute approximate surface area is 98.7 Å². The summed E-state index contributed by atoms with van der Waals surface area (Å²) in [5.41, 5.74) is 1.27. The number of halogens is 2. The molecule has 0 spiro atoms. The number of aryl methyl sites for hydroxylation is 1. The molecule has 0 aromatic heterocycles. The molecule has 0 N–H and O–H groups in total. The van der Waals surface area contributed by atoms with Gasteiger partial charge >= 0.3 is 0 Å². The van der Waals surface area contributed by atoms with Crippen LogP contribution in [0.5, 0.6) is 5.75 Å². The van der Waals surface area contributed by atoms with Gasteiger partial charge in [-0.1, -0.05) is 12.1 Å². The summed E-state index contributed by atoms with van der Waals surface area (Å²) in [5.74, 6) is -0.276. The zero-order valence-electron chi connectivity index (χ0n) is 9.41. The van der Waals surface area contributed by atoms with Crippen molar-refractivity contribution in [3.05, 3.63) is 65.2 Å². The molecule has 0 saturated carbocycles. The molecule has 0 amide bonds. The molecule has 0 aliphatic carbocycles. The van der Waals surface area contributed by atoms with Crippen molar-refractivity contribution in [2.75, 3.05) is 0 Å². The molecule has 88 valence electrons. The van der Waals surface area contributed by atoms with E-state index in [1.54, 1.807) is 6.07 Å². The van der Waals surface area contributed by atoms with Gasteiger partial charge in [0.05, 0.1) is 0 Å². The Morgan fingerprint density at radius 1 is 1.06 bits per heavy atom. The molecular weight excluding hydrogens is 222 g/mol. The fraction of sp³-hybridized carbons (Fsp3) is 0.143. The molecule has 0 saturated heterocycles. The monoisotopic (exact) mass is 234 g/mol. The third kappa shape index (κ3) is 3.03. The molecule has 2 aromatic rings. The molecule has 0 fully saturated rings. The first-order chi connectivity index (χ1) is 8.15. The highest BCUT2D eigenvalue weighted by Crippen LogP contribution is 2.16. The summed E-state index contributed by atoms with van der Waals surface area (Å²) in [6, 6.07) is 10.8. The van der Waals surface area contributed by atoms with Crippen LogP contribution in [0, 0.1) is 18.6 Å². The highest BCUT2D eigenvalue weighted by Gasteiger charge is 2.04. The van der Waals surface area contributed by atoms with Crippen LogP contribution in [0.25, 0.3) is 0 Å². The smallest absolute Gasteiger partial charge is 0.130 e. The maximum atomic E-state index is 13.3. The van der Waals surface area contributed by atoms with Crippen molar-refractivity contribution >= 4 is 0 Å². The zero-order chi connectivity index (χ0) is 12.3. The fourth-order valence-electron chi connectivity index (χ4n) is 1.52. The van der Waals surface area contributed by atoms with Crippen molar-refractivity contribution in [3.63, 3.8) is 0 Å². The summed E-state index contributed by atoms with van der Waals surface area (Å²) < 4.78 is 31.6. The predicted molar refractivity (Wildman–Crippen MR) is 61.9 cm³/mol. The molecule has 3 heteroatoms. The Bertz CT molecular complexity index is 523. The summed E-state index contributed by atoms with van der Waals surface area (Å²) in [6.07, 6.45) is 0. The van der Waals surface area contributed by atoms with Crippen LogP contribution in [0.2, 0.25) is 0 Å². The highest BCUT2D eigenvalue weighted by molar-refractivity contribution is 5.28. The minimum Gasteiger partial charge on any atom is -0.489 e. The van der Waals surface area contributed by atoms with E-state index in [2.05, 4.69) is 0 Å². The summed E-state index contributed by atoms with van der Waals surface area (Å²) >= 11 is 0. The molecule has 0 aliphatic rings. The molecule has 2 aromatic carbocycles. The van der Waals surface area contributed by atoms with Crippen LogP contribution in [-0.2, 0) is 6.61 Å². The van der Waals surface area contributed by atoms with Crippen molar-refractivity contribution in [1.82, 2.24) is 0 Å². The van der Waals surface area contributed by atoms with Crippen molar-refractivity contribution in [2.45, 2.75) is 13.5 Å². The SMILES string of the molecule is Cc1cccc(OCc2cc(F)ccc2F)c1. The van der Waals surface area contributed by atoms with Gasteiger partial charge in [-0.15, -0.1) is 0 Å². The first-order valence-corrected chi connectivity index (χ1v) is 5.28. The second-order valence-corrected chi connectivity index (χ2v) is 3.84. The molecule has 0 radical (unpaired) electrons. The molecule has 0 bridgehead atoms. The summed E-state index contributed by atoms with van der Waals surface area (Å²) in [6.45, 7) is 1.96. The van der Waals surface area contributed by atoms with E-state index in [-0.39, 0.29) is 12.2 Å². The second-order valence-electron chi connectivity index (χ2n) is 3.84. The van der Waals surface area contributed by atoms with Gasteiger partial charge in [0, 0.05) is 5.56 Å². The molecule has 0 unspecified atom stereocenters. The van der Waals surface area contributed by atoms with E-state index in [1.165, 1.54) is 0 Å².